The summed E-state index contributed by atoms with van der Waals surface area (Å²) in [6, 6.07) is 5.68. The van der Waals surface area contributed by atoms with Crippen LogP contribution in [0, 0.1) is 29.5 Å². The van der Waals surface area contributed by atoms with Crippen LogP contribution >= 0.6 is 15.9 Å². The summed E-state index contributed by atoms with van der Waals surface area (Å²) in [5, 5.41) is 11.6. The molecule has 0 aliphatic rings. The summed E-state index contributed by atoms with van der Waals surface area (Å²) in [5.41, 5.74) is 0.294. The lowest BCUT2D eigenvalue weighted by atomic mass is 10.1. The highest BCUT2D eigenvalue weighted by atomic mass is 79.9. The van der Waals surface area contributed by atoms with Crippen molar-refractivity contribution >= 4 is 15.9 Å². The van der Waals surface area contributed by atoms with Gasteiger partial charge in [0.15, 0.2) is 0 Å². The molecule has 1 aromatic rings. The van der Waals surface area contributed by atoms with Gasteiger partial charge < -0.3 is 0 Å². The minimum absolute atomic E-state index is 0.226. The van der Waals surface area contributed by atoms with Crippen molar-refractivity contribution in [3.8, 4) is 18.4 Å². The zero-order chi connectivity index (χ0) is 11.3. The summed E-state index contributed by atoms with van der Waals surface area (Å²) < 4.78 is 14.1. The van der Waals surface area contributed by atoms with Gasteiger partial charge in [0.2, 0.25) is 0 Å². The number of hydrogen-bond acceptors (Lipinski definition) is 2. The van der Waals surface area contributed by atoms with Crippen molar-refractivity contribution in [1.29, 1.82) is 5.26 Å². The van der Waals surface area contributed by atoms with Gasteiger partial charge in [-0.2, -0.15) is 5.26 Å². The fraction of sp³-hybridized carbons (Fsp3) is 0.182. The van der Waals surface area contributed by atoms with E-state index in [1.54, 1.807) is 12.1 Å². The number of nitrogens with one attached hydrogen (secondary N) is 1. The Bertz CT molecular complexity index is 431. The molecule has 0 amide bonds. The van der Waals surface area contributed by atoms with Gasteiger partial charge in [0.1, 0.15) is 11.9 Å². The van der Waals surface area contributed by atoms with Crippen molar-refractivity contribution in [3.63, 3.8) is 0 Å². The smallest absolute Gasteiger partial charge is 0.129 e. The molecule has 1 atom stereocenters. The van der Waals surface area contributed by atoms with E-state index < -0.39 is 11.9 Å². The molecule has 1 aromatic carbocycles. The SMILES string of the molecule is C#CCNC(C#N)c1cc(Br)ccc1F. The summed E-state index contributed by atoms with van der Waals surface area (Å²) in [5.74, 6) is 1.92. The van der Waals surface area contributed by atoms with Gasteiger partial charge in [-0.05, 0) is 18.2 Å². The van der Waals surface area contributed by atoms with E-state index in [1.807, 2.05) is 6.07 Å². The first-order chi connectivity index (χ1) is 7.19. The van der Waals surface area contributed by atoms with Gasteiger partial charge in [0, 0.05) is 10.0 Å². The standard InChI is InChI=1S/C11H8BrFN2/c1-2-5-15-11(7-14)9-6-8(12)3-4-10(9)13/h1,3-4,6,11,15H,5H2. The van der Waals surface area contributed by atoms with Gasteiger partial charge in [-0.1, -0.05) is 21.9 Å². The van der Waals surface area contributed by atoms with Crippen molar-refractivity contribution in [1.82, 2.24) is 5.32 Å². The van der Waals surface area contributed by atoms with Crippen LogP contribution < -0.4 is 5.32 Å². The summed E-state index contributed by atoms with van der Waals surface area (Å²) in [6.07, 6.45) is 5.05. The lowest BCUT2D eigenvalue weighted by Crippen LogP contribution is -2.21. The monoisotopic (exact) mass is 266 g/mol. The van der Waals surface area contributed by atoms with Crippen molar-refractivity contribution in [2.75, 3.05) is 6.54 Å². The summed E-state index contributed by atoms with van der Waals surface area (Å²) >= 11 is 3.22. The fourth-order valence-electron chi connectivity index (χ4n) is 1.12. The molecule has 0 bridgehead atoms. The largest absolute Gasteiger partial charge is 0.287 e. The Morgan fingerprint density at radius 3 is 2.93 bits per heavy atom. The first kappa shape index (κ1) is 11.7. The van der Waals surface area contributed by atoms with E-state index in [9.17, 15) is 4.39 Å². The number of hydrogen-bond donors (Lipinski definition) is 1. The molecule has 4 heteroatoms. The molecular formula is C11H8BrFN2. The second kappa shape index (κ2) is 5.50. The predicted molar refractivity (Wildman–Crippen MR) is 59.3 cm³/mol. The third-order valence-corrected chi connectivity index (χ3v) is 2.30. The summed E-state index contributed by atoms with van der Waals surface area (Å²) in [7, 11) is 0. The highest BCUT2D eigenvalue weighted by molar-refractivity contribution is 9.10. The summed E-state index contributed by atoms with van der Waals surface area (Å²) in [4.78, 5) is 0. The van der Waals surface area contributed by atoms with Crippen LogP contribution in [0.15, 0.2) is 22.7 Å². The molecule has 1 unspecified atom stereocenters. The van der Waals surface area contributed by atoms with Gasteiger partial charge in [-0.15, -0.1) is 6.42 Å². The fourth-order valence-corrected chi connectivity index (χ4v) is 1.50. The van der Waals surface area contributed by atoms with Crippen LogP contribution in [0.25, 0.3) is 0 Å². The molecule has 0 spiro atoms. The second-order valence-corrected chi connectivity index (χ2v) is 3.73. The van der Waals surface area contributed by atoms with Crippen molar-refractivity contribution < 1.29 is 4.39 Å². The number of terminal acetylenes is 1. The van der Waals surface area contributed by atoms with E-state index in [0.29, 0.717) is 5.56 Å². The zero-order valence-corrected chi connectivity index (χ0v) is 9.38. The predicted octanol–water partition coefficient (Wildman–Crippen LogP) is 2.38. The van der Waals surface area contributed by atoms with Gasteiger partial charge >= 0.3 is 0 Å². The van der Waals surface area contributed by atoms with E-state index in [4.69, 9.17) is 11.7 Å². The molecule has 0 saturated heterocycles. The first-order valence-electron chi connectivity index (χ1n) is 4.20. The number of benzene rings is 1. The van der Waals surface area contributed by atoms with E-state index in [1.165, 1.54) is 6.07 Å². The van der Waals surface area contributed by atoms with Crippen LogP contribution in [-0.4, -0.2) is 6.54 Å². The van der Waals surface area contributed by atoms with Crippen LogP contribution in [0.3, 0.4) is 0 Å². The Morgan fingerprint density at radius 2 is 2.33 bits per heavy atom. The highest BCUT2D eigenvalue weighted by Crippen LogP contribution is 2.21. The van der Waals surface area contributed by atoms with Gasteiger partial charge in [0.25, 0.3) is 0 Å². The number of halogens is 2. The number of nitrogens with zero attached hydrogens (tertiary/aromatic N) is 1. The van der Waals surface area contributed by atoms with Crippen LogP contribution in [0.4, 0.5) is 4.39 Å². The van der Waals surface area contributed by atoms with Gasteiger partial charge in [-0.3, -0.25) is 5.32 Å². The van der Waals surface area contributed by atoms with E-state index in [2.05, 4.69) is 27.2 Å². The number of rotatable bonds is 3. The zero-order valence-electron chi connectivity index (χ0n) is 7.80. The Kier molecular flexibility index (Phi) is 4.30. The average Bonchev–Trinajstić information content (AvgIpc) is 2.24. The molecule has 0 saturated carbocycles. The summed E-state index contributed by atoms with van der Waals surface area (Å²) in [6.45, 7) is 0.226. The molecule has 15 heavy (non-hydrogen) atoms. The molecule has 76 valence electrons. The van der Waals surface area contributed by atoms with E-state index in [0.717, 1.165) is 4.47 Å². The lowest BCUT2D eigenvalue weighted by molar-refractivity contribution is 0.578. The van der Waals surface area contributed by atoms with Crippen molar-refractivity contribution in [3.05, 3.63) is 34.1 Å². The van der Waals surface area contributed by atoms with Crippen molar-refractivity contribution in [2.24, 2.45) is 0 Å². The third-order valence-electron chi connectivity index (χ3n) is 1.81. The topological polar surface area (TPSA) is 35.8 Å². The normalized spacial score (nSPS) is 11.5. The molecular weight excluding hydrogens is 259 g/mol. The molecule has 0 aliphatic carbocycles. The molecule has 0 heterocycles. The molecule has 0 aromatic heterocycles. The minimum atomic E-state index is -0.724. The van der Waals surface area contributed by atoms with E-state index >= 15 is 0 Å². The Hall–Kier alpha value is -1.36. The first-order valence-corrected chi connectivity index (χ1v) is 4.99. The third kappa shape index (κ3) is 3.06. The van der Waals surface area contributed by atoms with Crippen LogP contribution in [0.2, 0.25) is 0 Å². The Balaban J connectivity index is 2.97. The quantitative estimate of drug-likeness (QED) is 0.853. The molecule has 2 nitrogen and oxygen atoms in total. The van der Waals surface area contributed by atoms with Crippen molar-refractivity contribution in [2.45, 2.75) is 6.04 Å². The maximum absolute atomic E-state index is 13.4. The van der Waals surface area contributed by atoms with Crippen LogP contribution in [-0.2, 0) is 0 Å². The molecule has 0 fully saturated rings. The van der Waals surface area contributed by atoms with Crippen LogP contribution in [0.5, 0.6) is 0 Å². The number of nitriles is 1. The lowest BCUT2D eigenvalue weighted by Gasteiger charge is -2.10. The highest BCUT2D eigenvalue weighted by Gasteiger charge is 2.14. The van der Waals surface area contributed by atoms with Gasteiger partial charge in [-0.25, -0.2) is 4.39 Å². The maximum atomic E-state index is 13.4. The Labute approximate surface area is 96.2 Å². The minimum Gasteiger partial charge on any atom is -0.287 e. The van der Waals surface area contributed by atoms with Crippen LogP contribution in [0.1, 0.15) is 11.6 Å². The molecule has 0 aliphatic heterocycles. The molecule has 1 rings (SSSR count). The second-order valence-electron chi connectivity index (χ2n) is 2.81. The average molecular weight is 267 g/mol. The van der Waals surface area contributed by atoms with E-state index in [-0.39, 0.29) is 6.54 Å². The maximum Gasteiger partial charge on any atom is 0.129 e. The molecule has 0 radical (unpaired) electrons. The van der Waals surface area contributed by atoms with Gasteiger partial charge in [0.05, 0.1) is 12.6 Å². The molecule has 1 N–H and O–H groups in total. The Morgan fingerprint density at radius 1 is 1.60 bits per heavy atom.